The highest BCUT2D eigenvalue weighted by Gasteiger charge is 2.28. The molecule has 0 aliphatic carbocycles. The summed E-state index contributed by atoms with van der Waals surface area (Å²) >= 11 is 0. The molecule has 21 heavy (non-hydrogen) atoms. The molecular formula is C14H16N2O5. The number of carboxylic acids is 1. The highest BCUT2D eigenvalue weighted by atomic mass is 16.6. The predicted octanol–water partition coefficient (Wildman–Crippen LogP) is 1.46. The van der Waals surface area contributed by atoms with Crippen LogP contribution in [0.2, 0.25) is 0 Å². The van der Waals surface area contributed by atoms with Crippen molar-refractivity contribution < 1.29 is 19.6 Å². The number of carbonyl (C=O) groups excluding carboxylic acids is 1. The Bertz CT molecular complexity index is 572. The summed E-state index contributed by atoms with van der Waals surface area (Å²) in [5, 5.41) is 19.7. The maximum absolute atomic E-state index is 12.2. The minimum atomic E-state index is -0.886. The molecule has 1 amide bonds. The van der Waals surface area contributed by atoms with E-state index in [0.29, 0.717) is 24.9 Å². The quantitative estimate of drug-likeness (QED) is 0.668. The molecule has 0 aromatic heterocycles. The number of amides is 1. The van der Waals surface area contributed by atoms with E-state index in [0.717, 1.165) is 0 Å². The molecule has 0 bridgehead atoms. The summed E-state index contributed by atoms with van der Waals surface area (Å²) in [6, 6.07) is 5.94. The number of piperidine rings is 1. The first-order chi connectivity index (χ1) is 9.97. The van der Waals surface area contributed by atoms with Gasteiger partial charge in [-0.15, -0.1) is 0 Å². The number of nitro groups is 1. The second-order valence-electron chi connectivity index (χ2n) is 5.12. The van der Waals surface area contributed by atoms with E-state index >= 15 is 0 Å². The van der Waals surface area contributed by atoms with Crippen LogP contribution in [0.4, 0.5) is 5.69 Å². The number of hydrogen-bond donors (Lipinski definition) is 1. The van der Waals surface area contributed by atoms with Crippen LogP contribution >= 0.6 is 0 Å². The third-order valence-electron chi connectivity index (χ3n) is 3.60. The molecule has 1 aliphatic heterocycles. The van der Waals surface area contributed by atoms with Gasteiger partial charge in [-0.2, -0.15) is 0 Å². The topological polar surface area (TPSA) is 101 Å². The summed E-state index contributed by atoms with van der Waals surface area (Å²) in [5.74, 6) is -1.60. The van der Waals surface area contributed by atoms with Gasteiger partial charge in [0.05, 0.1) is 17.3 Å². The van der Waals surface area contributed by atoms with Crippen molar-refractivity contribution in [1.82, 2.24) is 4.90 Å². The number of nitrogens with zero attached hydrogens (tertiary/aromatic N) is 2. The Morgan fingerprint density at radius 3 is 2.86 bits per heavy atom. The Hall–Kier alpha value is -2.44. The van der Waals surface area contributed by atoms with E-state index in [-0.39, 0.29) is 24.6 Å². The van der Waals surface area contributed by atoms with Gasteiger partial charge in [-0.05, 0) is 18.4 Å². The van der Waals surface area contributed by atoms with Crippen molar-refractivity contribution in [2.24, 2.45) is 5.92 Å². The molecule has 112 valence electrons. The minimum Gasteiger partial charge on any atom is -0.481 e. The second kappa shape index (κ2) is 6.34. The first kappa shape index (κ1) is 15.0. The third kappa shape index (κ3) is 3.77. The number of likely N-dealkylation sites (tertiary alicyclic amines) is 1. The summed E-state index contributed by atoms with van der Waals surface area (Å²) < 4.78 is 0. The number of rotatable bonds is 4. The number of aliphatic carboxylic acids is 1. The second-order valence-corrected chi connectivity index (χ2v) is 5.12. The number of carboxylic acid groups (broad SMARTS) is 1. The van der Waals surface area contributed by atoms with Gasteiger partial charge in [0, 0.05) is 25.2 Å². The molecule has 1 aromatic rings. The molecular weight excluding hydrogens is 276 g/mol. The van der Waals surface area contributed by atoms with E-state index in [1.54, 1.807) is 6.07 Å². The summed E-state index contributed by atoms with van der Waals surface area (Å²) in [7, 11) is 0. The first-order valence-electron chi connectivity index (χ1n) is 6.71. The van der Waals surface area contributed by atoms with Gasteiger partial charge in [0.15, 0.2) is 0 Å². The molecule has 1 atom stereocenters. The molecule has 1 aromatic carbocycles. The minimum absolute atomic E-state index is 0.0496. The molecule has 7 heteroatoms. The fourth-order valence-electron chi connectivity index (χ4n) is 2.47. The van der Waals surface area contributed by atoms with E-state index in [1.165, 1.54) is 23.1 Å². The van der Waals surface area contributed by atoms with Crippen LogP contribution < -0.4 is 0 Å². The van der Waals surface area contributed by atoms with Crippen LogP contribution in [-0.4, -0.2) is 39.9 Å². The lowest BCUT2D eigenvalue weighted by molar-refractivity contribution is -0.384. The molecule has 0 unspecified atom stereocenters. The molecule has 1 aliphatic rings. The Balaban J connectivity index is 2.02. The van der Waals surface area contributed by atoms with Gasteiger partial charge in [0.25, 0.3) is 5.69 Å². The molecule has 2 rings (SSSR count). The lowest BCUT2D eigenvalue weighted by atomic mass is 9.97. The maximum Gasteiger partial charge on any atom is 0.308 e. The number of benzene rings is 1. The third-order valence-corrected chi connectivity index (χ3v) is 3.60. The molecule has 1 N–H and O–H groups in total. The van der Waals surface area contributed by atoms with Gasteiger partial charge < -0.3 is 10.0 Å². The van der Waals surface area contributed by atoms with Crippen LogP contribution in [0.5, 0.6) is 0 Å². The van der Waals surface area contributed by atoms with Gasteiger partial charge >= 0.3 is 5.97 Å². The van der Waals surface area contributed by atoms with Crippen LogP contribution in [0.15, 0.2) is 24.3 Å². The van der Waals surface area contributed by atoms with Crippen LogP contribution in [-0.2, 0) is 16.0 Å². The predicted molar refractivity (Wildman–Crippen MR) is 73.7 cm³/mol. The van der Waals surface area contributed by atoms with Crippen molar-refractivity contribution in [3.8, 4) is 0 Å². The zero-order valence-corrected chi connectivity index (χ0v) is 11.4. The Labute approximate surface area is 121 Å². The van der Waals surface area contributed by atoms with Crippen LogP contribution in [0.1, 0.15) is 18.4 Å². The van der Waals surface area contributed by atoms with Crippen molar-refractivity contribution >= 4 is 17.6 Å². The van der Waals surface area contributed by atoms with Crippen molar-refractivity contribution in [3.05, 3.63) is 39.9 Å². The van der Waals surface area contributed by atoms with Crippen molar-refractivity contribution in [2.45, 2.75) is 19.3 Å². The molecule has 7 nitrogen and oxygen atoms in total. The Morgan fingerprint density at radius 1 is 1.43 bits per heavy atom. The lowest BCUT2D eigenvalue weighted by Gasteiger charge is -2.30. The summed E-state index contributed by atoms with van der Waals surface area (Å²) in [4.78, 5) is 34.9. The van der Waals surface area contributed by atoms with Gasteiger partial charge in [0.2, 0.25) is 5.91 Å². The van der Waals surface area contributed by atoms with Crippen molar-refractivity contribution in [3.63, 3.8) is 0 Å². The molecule has 0 spiro atoms. The molecule has 1 heterocycles. The Morgan fingerprint density at radius 2 is 2.19 bits per heavy atom. The monoisotopic (exact) mass is 292 g/mol. The zero-order valence-electron chi connectivity index (χ0n) is 11.4. The highest BCUT2D eigenvalue weighted by molar-refractivity contribution is 5.80. The number of hydrogen-bond acceptors (Lipinski definition) is 4. The standard InChI is InChI=1S/C14H16N2O5/c17-13(15-6-2-4-11(9-15)14(18)19)8-10-3-1-5-12(7-10)16(20)21/h1,3,5,7,11H,2,4,6,8-9H2,(H,18,19)/t11-/m1/s1. The van der Waals surface area contributed by atoms with E-state index in [1.807, 2.05) is 0 Å². The average Bonchev–Trinajstić information content (AvgIpc) is 2.47. The normalized spacial score (nSPS) is 18.3. The molecule has 1 saturated heterocycles. The van der Waals surface area contributed by atoms with Gasteiger partial charge in [-0.3, -0.25) is 19.7 Å². The summed E-state index contributed by atoms with van der Waals surface area (Å²) in [6.07, 6.45) is 1.29. The fraction of sp³-hybridized carbons (Fsp3) is 0.429. The van der Waals surface area contributed by atoms with E-state index in [4.69, 9.17) is 5.11 Å². The van der Waals surface area contributed by atoms with E-state index in [2.05, 4.69) is 0 Å². The van der Waals surface area contributed by atoms with E-state index in [9.17, 15) is 19.7 Å². The summed E-state index contributed by atoms with van der Waals surface area (Å²) in [5.41, 5.74) is 0.508. The summed E-state index contributed by atoms with van der Waals surface area (Å²) in [6.45, 7) is 0.751. The van der Waals surface area contributed by atoms with Gasteiger partial charge in [0.1, 0.15) is 0 Å². The number of carbonyl (C=O) groups is 2. The van der Waals surface area contributed by atoms with Crippen molar-refractivity contribution in [2.75, 3.05) is 13.1 Å². The number of non-ortho nitro benzene ring substituents is 1. The smallest absolute Gasteiger partial charge is 0.308 e. The largest absolute Gasteiger partial charge is 0.481 e. The molecule has 0 saturated carbocycles. The molecule has 1 fully saturated rings. The van der Waals surface area contributed by atoms with Gasteiger partial charge in [-0.25, -0.2) is 0 Å². The fourth-order valence-corrected chi connectivity index (χ4v) is 2.47. The van der Waals surface area contributed by atoms with E-state index < -0.39 is 16.8 Å². The maximum atomic E-state index is 12.2. The first-order valence-corrected chi connectivity index (χ1v) is 6.71. The SMILES string of the molecule is O=C(O)[C@@H]1CCCN(C(=O)Cc2cccc([N+](=O)[O-])c2)C1. The van der Waals surface area contributed by atoms with Crippen molar-refractivity contribution in [1.29, 1.82) is 0 Å². The Kier molecular flexibility index (Phi) is 4.52. The molecule has 0 radical (unpaired) electrons. The highest BCUT2D eigenvalue weighted by Crippen LogP contribution is 2.19. The average molecular weight is 292 g/mol. The van der Waals surface area contributed by atoms with Gasteiger partial charge in [-0.1, -0.05) is 12.1 Å². The number of nitro benzene ring substituents is 1. The lowest BCUT2D eigenvalue weighted by Crippen LogP contribution is -2.42. The van der Waals surface area contributed by atoms with Crippen LogP contribution in [0, 0.1) is 16.0 Å². The van der Waals surface area contributed by atoms with Crippen LogP contribution in [0.25, 0.3) is 0 Å². The van der Waals surface area contributed by atoms with Crippen LogP contribution in [0.3, 0.4) is 0 Å². The zero-order chi connectivity index (χ0) is 15.4.